The lowest BCUT2D eigenvalue weighted by atomic mass is 10.1. The van der Waals surface area contributed by atoms with Crippen molar-refractivity contribution in [2.45, 2.75) is 38.6 Å². The Morgan fingerprint density at radius 1 is 1.45 bits per heavy atom. The average Bonchev–Trinajstić information content (AvgIpc) is 3.17. The van der Waals surface area contributed by atoms with Gasteiger partial charge in [0, 0.05) is 19.0 Å². The molecular weight excluding hydrogens is 302 g/mol. The van der Waals surface area contributed by atoms with E-state index >= 15 is 0 Å². The highest BCUT2D eigenvalue weighted by Crippen LogP contribution is 2.30. The van der Waals surface area contributed by atoms with Crippen molar-refractivity contribution >= 4 is 22.4 Å². The Labute approximate surface area is 132 Å². The lowest BCUT2D eigenvalue weighted by molar-refractivity contribution is 0.0990. The van der Waals surface area contributed by atoms with E-state index in [0.717, 1.165) is 36.1 Å². The summed E-state index contributed by atoms with van der Waals surface area (Å²) < 4.78 is 1.73. The van der Waals surface area contributed by atoms with Gasteiger partial charge in [-0.1, -0.05) is 25.2 Å². The van der Waals surface area contributed by atoms with Crippen LogP contribution in [0.15, 0.2) is 6.33 Å². The van der Waals surface area contributed by atoms with Gasteiger partial charge in [-0.3, -0.25) is 4.79 Å². The topological polar surface area (TPSA) is 103 Å². The molecule has 1 atom stereocenters. The van der Waals surface area contributed by atoms with Crippen LogP contribution in [0.1, 0.15) is 54.3 Å². The van der Waals surface area contributed by atoms with E-state index in [1.165, 1.54) is 0 Å². The van der Waals surface area contributed by atoms with Gasteiger partial charge in [0.15, 0.2) is 0 Å². The molecule has 9 heteroatoms. The number of primary amides is 1. The summed E-state index contributed by atoms with van der Waals surface area (Å²) in [5.41, 5.74) is 5.20. The quantitative estimate of drug-likeness (QED) is 0.907. The van der Waals surface area contributed by atoms with Crippen molar-refractivity contribution in [2.24, 2.45) is 5.73 Å². The molecule has 0 saturated carbocycles. The lowest BCUT2D eigenvalue weighted by Crippen LogP contribution is -2.36. The summed E-state index contributed by atoms with van der Waals surface area (Å²) in [6.07, 6.45) is 3.61. The number of hydrogen-bond acceptors (Lipinski definition) is 7. The van der Waals surface area contributed by atoms with Crippen molar-refractivity contribution < 1.29 is 4.79 Å². The van der Waals surface area contributed by atoms with Gasteiger partial charge in [-0.25, -0.2) is 9.67 Å². The SMILES string of the molecule is CC(C)c1nnc(N2CCC[C@H](n3cnc(C(N)=O)n3)C2)s1. The number of carbonyl (C=O) groups excluding carboxylic acids is 1. The first-order valence-corrected chi connectivity index (χ1v) is 8.15. The Balaban J connectivity index is 1.74. The molecule has 1 aliphatic rings. The third-order valence-corrected chi connectivity index (χ3v) is 4.98. The third-order valence-electron chi connectivity index (χ3n) is 3.69. The summed E-state index contributed by atoms with van der Waals surface area (Å²) in [5, 5.41) is 14.7. The van der Waals surface area contributed by atoms with Crippen LogP contribution in [0.25, 0.3) is 0 Å². The Bertz CT molecular complexity index is 665. The van der Waals surface area contributed by atoms with Crippen molar-refractivity contribution in [1.29, 1.82) is 0 Å². The molecule has 2 aromatic heterocycles. The fourth-order valence-electron chi connectivity index (χ4n) is 2.50. The van der Waals surface area contributed by atoms with Crippen molar-refractivity contribution in [2.75, 3.05) is 18.0 Å². The number of nitrogens with zero attached hydrogens (tertiary/aromatic N) is 6. The fraction of sp³-hybridized carbons (Fsp3) is 0.615. The van der Waals surface area contributed by atoms with Crippen LogP contribution in [0.5, 0.6) is 0 Å². The number of rotatable bonds is 4. The molecule has 2 N–H and O–H groups in total. The number of amides is 1. The summed E-state index contributed by atoms with van der Waals surface area (Å²) in [5.74, 6) is -0.146. The summed E-state index contributed by atoms with van der Waals surface area (Å²) in [7, 11) is 0. The van der Waals surface area contributed by atoms with E-state index < -0.39 is 5.91 Å². The maximum absolute atomic E-state index is 11.1. The van der Waals surface area contributed by atoms with Crippen LogP contribution in [0, 0.1) is 0 Å². The van der Waals surface area contributed by atoms with Crippen LogP contribution in [0.4, 0.5) is 5.13 Å². The van der Waals surface area contributed by atoms with Crippen LogP contribution in [0.2, 0.25) is 0 Å². The average molecular weight is 321 g/mol. The number of aromatic nitrogens is 5. The van der Waals surface area contributed by atoms with E-state index in [1.807, 2.05) is 0 Å². The minimum atomic E-state index is -0.600. The molecule has 0 spiro atoms. The molecule has 8 nitrogen and oxygen atoms in total. The summed E-state index contributed by atoms with van der Waals surface area (Å²) in [4.78, 5) is 17.3. The molecule has 1 amide bonds. The molecule has 0 bridgehead atoms. The number of hydrogen-bond donors (Lipinski definition) is 1. The van der Waals surface area contributed by atoms with Crippen molar-refractivity contribution in [3.05, 3.63) is 17.2 Å². The number of nitrogens with two attached hydrogens (primary N) is 1. The van der Waals surface area contributed by atoms with Gasteiger partial charge in [-0.05, 0) is 12.8 Å². The monoisotopic (exact) mass is 321 g/mol. The highest BCUT2D eigenvalue weighted by Gasteiger charge is 2.25. The van der Waals surface area contributed by atoms with Gasteiger partial charge in [0.05, 0.1) is 6.04 Å². The van der Waals surface area contributed by atoms with Crippen molar-refractivity contribution in [1.82, 2.24) is 25.0 Å². The van der Waals surface area contributed by atoms with E-state index in [4.69, 9.17) is 5.73 Å². The fourth-order valence-corrected chi connectivity index (χ4v) is 3.38. The Morgan fingerprint density at radius 2 is 2.27 bits per heavy atom. The van der Waals surface area contributed by atoms with E-state index in [9.17, 15) is 4.79 Å². The van der Waals surface area contributed by atoms with Gasteiger partial charge >= 0.3 is 0 Å². The van der Waals surface area contributed by atoms with Gasteiger partial charge < -0.3 is 10.6 Å². The van der Waals surface area contributed by atoms with Gasteiger partial charge in [0.25, 0.3) is 5.91 Å². The van der Waals surface area contributed by atoms with Crippen LogP contribution >= 0.6 is 11.3 Å². The maximum Gasteiger partial charge on any atom is 0.288 e. The van der Waals surface area contributed by atoms with Gasteiger partial charge in [0.1, 0.15) is 11.3 Å². The first kappa shape index (κ1) is 14.9. The highest BCUT2D eigenvalue weighted by molar-refractivity contribution is 7.15. The van der Waals surface area contributed by atoms with E-state index in [2.05, 4.69) is 39.0 Å². The lowest BCUT2D eigenvalue weighted by Gasteiger charge is -2.31. The predicted octanol–water partition coefficient (Wildman–Crippen LogP) is 1.19. The second-order valence-electron chi connectivity index (χ2n) is 5.73. The highest BCUT2D eigenvalue weighted by atomic mass is 32.1. The summed E-state index contributed by atoms with van der Waals surface area (Å²) in [6, 6.07) is 0.167. The number of carbonyl (C=O) groups is 1. The first-order chi connectivity index (χ1) is 10.5. The van der Waals surface area contributed by atoms with Crippen LogP contribution in [-0.4, -0.2) is 44.0 Å². The van der Waals surface area contributed by atoms with E-state index in [-0.39, 0.29) is 11.9 Å². The largest absolute Gasteiger partial charge is 0.363 e. The normalized spacial score (nSPS) is 18.9. The molecule has 22 heavy (non-hydrogen) atoms. The second-order valence-corrected chi connectivity index (χ2v) is 6.72. The van der Waals surface area contributed by atoms with Gasteiger partial charge in [0.2, 0.25) is 11.0 Å². The molecule has 1 saturated heterocycles. The smallest absolute Gasteiger partial charge is 0.288 e. The van der Waals surface area contributed by atoms with E-state index in [1.54, 1.807) is 22.3 Å². The van der Waals surface area contributed by atoms with Gasteiger partial charge in [-0.2, -0.15) is 0 Å². The zero-order valence-electron chi connectivity index (χ0n) is 12.6. The predicted molar refractivity (Wildman–Crippen MR) is 83.0 cm³/mol. The van der Waals surface area contributed by atoms with E-state index in [0.29, 0.717) is 5.92 Å². The van der Waals surface area contributed by atoms with Crippen LogP contribution in [0.3, 0.4) is 0 Å². The second kappa shape index (κ2) is 5.99. The zero-order chi connectivity index (χ0) is 15.7. The minimum Gasteiger partial charge on any atom is -0.363 e. The molecule has 118 valence electrons. The molecule has 0 aliphatic carbocycles. The zero-order valence-corrected chi connectivity index (χ0v) is 13.5. The maximum atomic E-state index is 11.1. The van der Waals surface area contributed by atoms with Crippen LogP contribution in [-0.2, 0) is 0 Å². The molecule has 3 heterocycles. The molecule has 0 aromatic carbocycles. The summed E-state index contributed by atoms with van der Waals surface area (Å²) in [6.45, 7) is 5.98. The molecule has 1 aliphatic heterocycles. The van der Waals surface area contributed by atoms with Gasteiger partial charge in [-0.15, -0.1) is 15.3 Å². The summed E-state index contributed by atoms with van der Waals surface area (Å²) >= 11 is 1.64. The number of piperidine rings is 1. The molecular formula is C13H19N7OS. The van der Waals surface area contributed by atoms with Crippen molar-refractivity contribution in [3.63, 3.8) is 0 Å². The molecule has 3 rings (SSSR count). The van der Waals surface area contributed by atoms with Crippen LogP contribution < -0.4 is 10.6 Å². The Kier molecular flexibility index (Phi) is 4.06. The molecule has 0 radical (unpaired) electrons. The molecule has 2 aromatic rings. The Hall–Kier alpha value is -2.03. The third kappa shape index (κ3) is 2.94. The Morgan fingerprint density at radius 3 is 2.91 bits per heavy atom. The first-order valence-electron chi connectivity index (χ1n) is 7.34. The molecule has 0 unspecified atom stereocenters. The van der Waals surface area contributed by atoms with Crippen molar-refractivity contribution in [3.8, 4) is 0 Å². The number of anilines is 1. The minimum absolute atomic E-state index is 0.0649. The standard InChI is InChI=1S/C13H19N7OS/c1-8(2)12-16-17-13(22-12)19-5-3-4-9(6-19)20-7-15-11(18-20)10(14)21/h7-9H,3-6H2,1-2H3,(H2,14,21)/t9-/m0/s1. The molecule has 1 fully saturated rings.